The zero-order chi connectivity index (χ0) is 16.2. The number of amides is 1. The molecule has 0 aliphatic carbocycles. The Balaban J connectivity index is 3.19. The van der Waals surface area contributed by atoms with Gasteiger partial charge in [-0.25, -0.2) is 13.1 Å². The Kier molecular flexibility index (Phi) is 5.18. The first-order valence-electron chi connectivity index (χ1n) is 5.73. The minimum Gasteiger partial charge on any atom is -0.370 e. The highest BCUT2D eigenvalue weighted by atomic mass is 32.2. The maximum atomic E-state index is 12.2. The van der Waals surface area contributed by atoms with Crippen LogP contribution in [-0.4, -0.2) is 25.3 Å². The highest BCUT2D eigenvalue weighted by molar-refractivity contribution is 7.89. The topological polar surface area (TPSA) is 170 Å². The SMILES string of the molecule is CC(CC(N)=O)NS(=O)(=O)c1cc([N+](=O)[O-])ccc1NN. The summed E-state index contributed by atoms with van der Waals surface area (Å²) in [5.74, 6) is 4.52. The number of nitrogens with two attached hydrogens (primary N) is 2. The van der Waals surface area contributed by atoms with Crippen molar-refractivity contribution in [1.29, 1.82) is 0 Å². The number of nitro benzene ring substituents is 1. The van der Waals surface area contributed by atoms with Crippen LogP contribution in [0.5, 0.6) is 0 Å². The number of hydrogen-bond acceptors (Lipinski definition) is 7. The number of anilines is 1. The van der Waals surface area contributed by atoms with Gasteiger partial charge in [-0.1, -0.05) is 0 Å². The highest BCUT2D eigenvalue weighted by Gasteiger charge is 2.24. The number of carbonyl (C=O) groups is 1. The predicted molar refractivity (Wildman–Crippen MR) is 74.5 cm³/mol. The van der Waals surface area contributed by atoms with E-state index in [1.54, 1.807) is 0 Å². The largest absolute Gasteiger partial charge is 0.370 e. The van der Waals surface area contributed by atoms with E-state index in [0.29, 0.717) is 0 Å². The number of rotatable bonds is 7. The van der Waals surface area contributed by atoms with Crippen molar-refractivity contribution in [3.05, 3.63) is 28.3 Å². The summed E-state index contributed by atoms with van der Waals surface area (Å²) in [6.45, 7) is 1.44. The molecule has 0 aliphatic heterocycles. The van der Waals surface area contributed by atoms with Gasteiger partial charge in [0.25, 0.3) is 5.69 Å². The Morgan fingerprint density at radius 1 is 1.48 bits per heavy atom. The van der Waals surface area contributed by atoms with Crippen LogP contribution in [0.25, 0.3) is 0 Å². The highest BCUT2D eigenvalue weighted by Crippen LogP contribution is 2.25. The molecular formula is C10H15N5O5S. The molecule has 116 valence electrons. The van der Waals surface area contributed by atoms with E-state index in [9.17, 15) is 23.3 Å². The fraction of sp³-hybridized carbons (Fsp3) is 0.300. The third kappa shape index (κ3) is 4.37. The van der Waals surface area contributed by atoms with E-state index in [2.05, 4.69) is 10.1 Å². The number of nitrogen functional groups attached to an aromatic ring is 1. The van der Waals surface area contributed by atoms with Crippen LogP contribution in [0, 0.1) is 10.1 Å². The van der Waals surface area contributed by atoms with Crippen molar-refractivity contribution < 1.29 is 18.1 Å². The van der Waals surface area contributed by atoms with Gasteiger partial charge in [-0.2, -0.15) is 0 Å². The molecule has 0 bridgehead atoms. The maximum absolute atomic E-state index is 12.2. The molecule has 1 aromatic carbocycles. The molecule has 0 saturated heterocycles. The Bertz CT molecular complexity index is 660. The summed E-state index contributed by atoms with van der Waals surface area (Å²) in [7, 11) is -4.11. The lowest BCUT2D eigenvalue weighted by atomic mass is 10.2. The average Bonchev–Trinajstić information content (AvgIpc) is 2.36. The van der Waals surface area contributed by atoms with Gasteiger partial charge in [0.15, 0.2) is 0 Å². The number of sulfonamides is 1. The summed E-state index contributed by atoms with van der Waals surface area (Å²) in [6.07, 6.45) is -0.209. The Morgan fingerprint density at radius 2 is 2.10 bits per heavy atom. The molecule has 21 heavy (non-hydrogen) atoms. The fourth-order valence-corrected chi connectivity index (χ4v) is 3.07. The summed E-state index contributed by atoms with van der Waals surface area (Å²) in [6, 6.07) is 2.39. The van der Waals surface area contributed by atoms with Crippen LogP contribution in [-0.2, 0) is 14.8 Å². The van der Waals surface area contributed by atoms with Crippen molar-refractivity contribution in [3.8, 4) is 0 Å². The molecule has 0 aromatic heterocycles. The summed E-state index contributed by atoms with van der Waals surface area (Å²) in [5, 5.41) is 10.7. The third-order valence-corrected chi connectivity index (χ3v) is 4.11. The summed E-state index contributed by atoms with van der Waals surface area (Å²) in [4.78, 5) is 20.4. The van der Waals surface area contributed by atoms with E-state index in [1.807, 2.05) is 0 Å². The lowest BCUT2D eigenvalue weighted by molar-refractivity contribution is -0.385. The number of nitro groups is 1. The number of benzene rings is 1. The van der Waals surface area contributed by atoms with E-state index in [-0.39, 0.29) is 12.1 Å². The molecule has 0 radical (unpaired) electrons. The van der Waals surface area contributed by atoms with Crippen molar-refractivity contribution in [2.75, 3.05) is 5.43 Å². The van der Waals surface area contributed by atoms with Gasteiger partial charge in [0.2, 0.25) is 15.9 Å². The molecule has 0 heterocycles. The third-order valence-electron chi connectivity index (χ3n) is 2.48. The second kappa shape index (κ2) is 6.47. The molecule has 10 nitrogen and oxygen atoms in total. The van der Waals surface area contributed by atoms with Crippen molar-refractivity contribution in [2.24, 2.45) is 11.6 Å². The van der Waals surface area contributed by atoms with Gasteiger partial charge in [-0.15, -0.1) is 0 Å². The Labute approximate surface area is 120 Å². The van der Waals surface area contributed by atoms with Crippen molar-refractivity contribution in [2.45, 2.75) is 24.3 Å². The van der Waals surface area contributed by atoms with Gasteiger partial charge >= 0.3 is 0 Å². The van der Waals surface area contributed by atoms with Gasteiger partial charge in [-0.05, 0) is 13.0 Å². The van der Waals surface area contributed by atoms with Crippen LogP contribution in [0.3, 0.4) is 0 Å². The van der Waals surface area contributed by atoms with Gasteiger partial charge in [0.05, 0.1) is 10.6 Å². The van der Waals surface area contributed by atoms with Crippen molar-refractivity contribution in [1.82, 2.24) is 4.72 Å². The normalized spacial score (nSPS) is 12.7. The Hall–Kier alpha value is -2.24. The minimum atomic E-state index is -4.11. The summed E-state index contributed by atoms with van der Waals surface area (Å²) >= 11 is 0. The molecule has 1 aromatic rings. The molecule has 1 unspecified atom stereocenters. The number of nitrogens with one attached hydrogen (secondary N) is 2. The van der Waals surface area contributed by atoms with E-state index < -0.39 is 37.5 Å². The first-order valence-corrected chi connectivity index (χ1v) is 7.21. The zero-order valence-corrected chi connectivity index (χ0v) is 11.9. The number of primary amides is 1. The molecular weight excluding hydrogens is 302 g/mol. The number of carbonyl (C=O) groups excluding carboxylic acids is 1. The lowest BCUT2D eigenvalue weighted by Gasteiger charge is -2.14. The molecule has 0 saturated carbocycles. The number of nitrogens with zero attached hydrogens (tertiary/aromatic N) is 1. The first kappa shape index (κ1) is 16.8. The van der Waals surface area contributed by atoms with Gasteiger partial charge in [-0.3, -0.25) is 20.8 Å². The summed E-state index contributed by atoms with van der Waals surface area (Å²) in [5.41, 5.74) is 6.70. The molecule has 0 aliphatic rings. The first-order chi connectivity index (χ1) is 9.67. The second-order valence-corrected chi connectivity index (χ2v) is 5.96. The number of non-ortho nitro benzene ring substituents is 1. The van der Waals surface area contributed by atoms with E-state index in [1.165, 1.54) is 13.0 Å². The molecule has 0 spiro atoms. The Morgan fingerprint density at radius 3 is 2.57 bits per heavy atom. The summed E-state index contributed by atoms with van der Waals surface area (Å²) < 4.78 is 26.6. The van der Waals surface area contributed by atoms with Gasteiger partial charge in [0.1, 0.15) is 4.90 Å². The molecule has 6 N–H and O–H groups in total. The quantitative estimate of drug-likeness (QED) is 0.296. The zero-order valence-electron chi connectivity index (χ0n) is 11.1. The van der Waals surface area contributed by atoms with Gasteiger partial charge < -0.3 is 11.2 Å². The van der Waals surface area contributed by atoms with Crippen LogP contribution in [0.15, 0.2) is 23.1 Å². The van der Waals surface area contributed by atoms with Crippen LogP contribution < -0.4 is 21.7 Å². The van der Waals surface area contributed by atoms with E-state index in [0.717, 1.165) is 12.1 Å². The van der Waals surface area contributed by atoms with Gasteiger partial charge in [0, 0.05) is 24.6 Å². The molecule has 11 heteroatoms. The second-order valence-electron chi connectivity index (χ2n) is 4.27. The van der Waals surface area contributed by atoms with Crippen LogP contribution in [0.2, 0.25) is 0 Å². The minimum absolute atomic E-state index is 0.0145. The molecule has 1 atom stereocenters. The van der Waals surface area contributed by atoms with Crippen LogP contribution >= 0.6 is 0 Å². The van der Waals surface area contributed by atoms with E-state index >= 15 is 0 Å². The number of hydrogen-bond donors (Lipinski definition) is 4. The predicted octanol–water partition coefficient (Wildman–Crippen LogP) is -0.577. The maximum Gasteiger partial charge on any atom is 0.270 e. The van der Waals surface area contributed by atoms with Crippen molar-refractivity contribution in [3.63, 3.8) is 0 Å². The molecule has 1 amide bonds. The van der Waals surface area contributed by atoms with Crippen LogP contribution in [0.4, 0.5) is 11.4 Å². The van der Waals surface area contributed by atoms with E-state index in [4.69, 9.17) is 11.6 Å². The standard InChI is InChI=1S/C10H15N5O5S/c1-6(4-10(11)16)14-21(19,20)9-5-7(15(17)18)2-3-8(9)13-12/h2-3,5-6,13-14H,4,12H2,1H3,(H2,11,16). The van der Waals surface area contributed by atoms with Crippen molar-refractivity contribution >= 4 is 27.3 Å². The average molecular weight is 317 g/mol. The fourth-order valence-electron chi connectivity index (χ4n) is 1.64. The molecule has 0 fully saturated rings. The smallest absolute Gasteiger partial charge is 0.270 e. The lowest BCUT2D eigenvalue weighted by Crippen LogP contribution is -2.36. The number of hydrazine groups is 1. The molecule has 1 rings (SSSR count). The monoisotopic (exact) mass is 317 g/mol. The van der Waals surface area contributed by atoms with Crippen LogP contribution in [0.1, 0.15) is 13.3 Å².